The molecule has 0 saturated heterocycles. The van der Waals surface area contributed by atoms with Crippen molar-refractivity contribution in [1.29, 1.82) is 0 Å². The summed E-state index contributed by atoms with van der Waals surface area (Å²) in [6.45, 7) is 26.5. The second-order valence-corrected chi connectivity index (χ2v) is 38.0. The Balaban J connectivity index is 0.000000240. The molecular weight excluding hydrogens is 1860 g/mol. The van der Waals surface area contributed by atoms with Gasteiger partial charge in [-0.3, -0.25) is 71.9 Å². The lowest BCUT2D eigenvalue weighted by Gasteiger charge is -2.22. The van der Waals surface area contributed by atoms with Crippen molar-refractivity contribution in [2.75, 3.05) is 69.9 Å². The van der Waals surface area contributed by atoms with E-state index in [9.17, 15) is 71.9 Å². The third-order valence-corrected chi connectivity index (χ3v) is 26.7. The van der Waals surface area contributed by atoms with Crippen LogP contribution in [0.5, 0.6) is 0 Å². The van der Waals surface area contributed by atoms with Crippen LogP contribution in [0.4, 0.5) is 11.4 Å². The first-order valence-corrected chi connectivity index (χ1v) is 53.5. The molecule has 0 bridgehead atoms. The van der Waals surface area contributed by atoms with Gasteiger partial charge in [0.25, 0.3) is 0 Å². The van der Waals surface area contributed by atoms with Crippen LogP contribution in [0.25, 0.3) is 33.4 Å². The summed E-state index contributed by atoms with van der Waals surface area (Å²) < 4.78 is 27.5. The maximum Gasteiger partial charge on any atom is 0.305 e. The maximum absolute atomic E-state index is 13.1. The highest BCUT2D eigenvalue weighted by molar-refractivity contribution is 6.06. The van der Waals surface area contributed by atoms with E-state index in [2.05, 4.69) is 83.0 Å². The summed E-state index contributed by atoms with van der Waals surface area (Å²) in [5.74, 6) is -1.21. The molecule has 26 nitrogen and oxygen atoms in total. The van der Waals surface area contributed by atoms with Crippen molar-refractivity contribution < 1.29 is 95.6 Å². The van der Waals surface area contributed by atoms with Gasteiger partial charge < -0.3 is 55.6 Å². The topological polar surface area (TPSA) is 374 Å². The second-order valence-electron chi connectivity index (χ2n) is 38.0. The number of benzene rings is 7. The Morgan fingerprint density at radius 1 is 0.320 bits per heavy atom. The van der Waals surface area contributed by atoms with Crippen molar-refractivity contribution in [3.63, 3.8) is 0 Å². The molecule has 0 saturated carbocycles. The smallest absolute Gasteiger partial charge is 0.305 e. The molecule has 0 aliphatic heterocycles. The van der Waals surface area contributed by atoms with Gasteiger partial charge >= 0.3 is 23.9 Å². The number of ether oxygens (including phenoxy) is 5. The summed E-state index contributed by atoms with van der Waals surface area (Å²) in [6, 6.07) is 41.7. The number of aryl methyl sites for hydroxylation is 1. The number of ketones is 5. The summed E-state index contributed by atoms with van der Waals surface area (Å²) in [6.07, 6.45) is 23.4. The third-order valence-electron chi connectivity index (χ3n) is 26.7. The molecule has 5 aliphatic rings. The number of nitrogens with one attached hydrogen (secondary N) is 6. The number of carbonyl (C=O) groups excluding carboxylic acids is 15. The lowest BCUT2D eigenvalue weighted by molar-refractivity contribution is -0.144. The van der Waals surface area contributed by atoms with Gasteiger partial charge in [-0.1, -0.05) is 219 Å². The molecule has 0 heterocycles. The summed E-state index contributed by atoms with van der Waals surface area (Å²) in [7, 11) is 0. The summed E-state index contributed by atoms with van der Waals surface area (Å²) in [4.78, 5) is 183. The van der Waals surface area contributed by atoms with Crippen LogP contribution in [0.1, 0.15) is 395 Å². The van der Waals surface area contributed by atoms with E-state index in [1.54, 1.807) is 34.6 Å². The molecule has 6 amide bonds. The number of rotatable bonds is 57. The van der Waals surface area contributed by atoms with E-state index in [0.29, 0.717) is 159 Å². The monoisotopic (exact) mass is 2020 g/mol. The molecule has 0 fully saturated rings. The van der Waals surface area contributed by atoms with Crippen molar-refractivity contribution >= 4 is 99.6 Å². The molecule has 26 heteroatoms. The van der Waals surface area contributed by atoms with E-state index in [4.69, 9.17) is 23.7 Å². The normalized spacial score (nSPS) is 14.5. The van der Waals surface area contributed by atoms with E-state index in [1.165, 1.54) is 0 Å². The SMILES string of the molecule is C.CCCCC(=O)CCCC(=O)Cc1ccc2c(c1)C(COC(=O)CC)C1=CC(NC(=O)CCCC(=O)NCCC)=CCC12.CCCCC(=O)c1cccc2c1-c1ccc(CC(=O)CCCC(=O)NCCC)cc1C2COC(=O)CC.CCCCC(=O)c1cccc2c1-c1ccc(CCCC(=O)NCCC)cc1C2COC(=O)CC.CCCOCC(=O)Nc1ccc2c(c1)C(COC(=O)CC)c1cc(NC(=O)CC)ccc1-2. The van der Waals surface area contributed by atoms with Gasteiger partial charge in [-0.2, -0.15) is 0 Å². The number of unbranched alkanes of at least 4 members (excludes halogenated alkanes) is 3. The highest BCUT2D eigenvalue weighted by atomic mass is 16.5. The van der Waals surface area contributed by atoms with Gasteiger partial charge in [0.05, 0.1) is 0 Å². The van der Waals surface area contributed by atoms with E-state index >= 15 is 0 Å². The van der Waals surface area contributed by atoms with Crippen LogP contribution in [0.15, 0.2) is 151 Å². The van der Waals surface area contributed by atoms with Crippen molar-refractivity contribution in [2.45, 2.75) is 332 Å². The number of carbonyl (C=O) groups is 15. The number of hydrogen-bond acceptors (Lipinski definition) is 20. The van der Waals surface area contributed by atoms with Crippen molar-refractivity contribution in [3.8, 4) is 33.4 Å². The number of Topliss-reactive ketones (excluding diaryl/α,β-unsaturated/α-hetero) is 5. The van der Waals surface area contributed by atoms with Crippen LogP contribution in [-0.4, -0.2) is 148 Å². The molecule has 0 spiro atoms. The van der Waals surface area contributed by atoms with Crippen molar-refractivity contribution in [1.82, 2.24) is 21.3 Å². The maximum atomic E-state index is 13.1. The quantitative estimate of drug-likeness (QED) is 0.00892. The Hall–Kier alpha value is -13.0. The molecule has 5 unspecified atom stereocenters. The predicted molar refractivity (Wildman–Crippen MR) is 576 cm³/mol. The van der Waals surface area contributed by atoms with E-state index in [1.807, 2.05) is 137 Å². The Morgan fingerprint density at radius 2 is 0.714 bits per heavy atom. The Labute approximate surface area is 870 Å². The van der Waals surface area contributed by atoms with Gasteiger partial charge in [-0.25, -0.2) is 0 Å². The highest BCUT2D eigenvalue weighted by Gasteiger charge is 2.40. The zero-order chi connectivity index (χ0) is 106. The number of fused-ring (bicyclic) bond motifs is 12. The number of anilines is 2. The Bertz CT molecular complexity index is 5780. The van der Waals surface area contributed by atoms with Gasteiger partial charge in [-0.05, 0) is 214 Å². The van der Waals surface area contributed by atoms with Crippen LogP contribution in [-0.2, 0) is 105 Å². The molecule has 147 heavy (non-hydrogen) atoms. The molecule has 0 aromatic heterocycles. The summed E-state index contributed by atoms with van der Waals surface area (Å²) in [5.41, 5.74) is 21.9. The van der Waals surface area contributed by atoms with Gasteiger partial charge in [0.2, 0.25) is 35.4 Å². The minimum atomic E-state index is -0.270. The fourth-order valence-corrected chi connectivity index (χ4v) is 18.9. The molecule has 0 radical (unpaired) electrons. The Kier molecular flexibility index (Phi) is 51.0. The molecule has 5 atom stereocenters. The number of allylic oxidation sites excluding steroid dienone is 2. The average molecular weight is 2020 g/mol. The average Bonchev–Trinajstić information content (AvgIpc) is 1.64. The van der Waals surface area contributed by atoms with E-state index < -0.39 is 0 Å². The lowest BCUT2D eigenvalue weighted by Crippen LogP contribution is -2.26. The van der Waals surface area contributed by atoms with Crippen LogP contribution in [0.3, 0.4) is 0 Å². The van der Waals surface area contributed by atoms with E-state index in [0.717, 1.165) is 188 Å². The van der Waals surface area contributed by atoms with Gasteiger partial charge in [0.15, 0.2) is 11.6 Å². The number of amides is 6. The zero-order valence-electron chi connectivity index (χ0n) is 88.0. The number of esters is 4. The molecule has 5 aliphatic carbocycles. The zero-order valence-corrected chi connectivity index (χ0v) is 88.0. The highest BCUT2D eigenvalue weighted by Crippen LogP contribution is 2.53. The minimum absolute atomic E-state index is 0. The first kappa shape index (κ1) is 119. The molecule has 792 valence electrons. The van der Waals surface area contributed by atoms with Gasteiger partial charge in [0.1, 0.15) is 50.4 Å². The lowest BCUT2D eigenvalue weighted by atomic mass is 9.87. The fraction of sp³-hybridized carbons (Fsp3) is 0.496. The number of hydrogen-bond donors (Lipinski definition) is 6. The predicted octanol–water partition coefficient (Wildman–Crippen LogP) is 22.9. The van der Waals surface area contributed by atoms with Crippen LogP contribution >= 0.6 is 0 Å². The second kappa shape index (κ2) is 62.9. The summed E-state index contributed by atoms with van der Waals surface area (Å²) >= 11 is 0. The van der Waals surface area contributed by atoms with E-state index in [-0.39, 0.29) is 178 Å². The third kappa shape index (κ3) is 36.0. The molecule has 12 rings (SSSR count). The molecular formula is C121H158N6O20. The molecule has 7 aromatic carbocycles. The summed E-state index contributed by atoms with van der Waals surface area (Å²) in [5, 5.41) is 17.3. The van der Waals surface area contributed by atoms with Crippen LogP contribution < -0.4 is 31.9 Å². The first-order valence-electron chi connectivity index (χ1n) is 53.5. The standard InChI is InChI=1S/C35H48N2O6.C31H39NO5.C29H37NO4.C25H30N2O5.CH4/c1-4-7-10-26(38)11-8-12-27(39)20-24-15-17-28-29-18-16-25(37-34(41)14-9-13-33(40)36-19-5-2)22-31(29)32(30(28)21-24)23-43-35(42)6-3;1-4-7-13-28(34)25-12-9-11-23-27(20-37-30(36)6-3)26-19-21(15-16-24(26)31(23)25)18-22(33)10-8-14-29(35)32-17-5-2;1-4-7-13-26(31)23-12-9-11-21-25(19-34-28(33)6-3)24-18-20(15-16-22(24)29(21)23)10-8-14-27(32)30-17-5-2;1-4-11-31-15-24(29)27-17-8-10-19-18-9-7-16(26-23(28)5-2)12-20(18)22(21(19)13-17)14-32-25(30)6-3;/h15-17,21-22,29,32H,4-14,18-20,23H2,1-3H3,(H,36,40)(H,37,41);9,11-12,15-16,19,27H,4-8,10,13-14,17-18,20H2,1-3H3,(H,32,35);9,11-12,15-16,18,25H,4-8,10,13-14,17,19H2,1-3H3,(H,30,32);7-10,12-13,22H,4-6,11,14-15H2,1-3H3,(H,26,28)(H,27,29);1H4. The molecule has 6 N–H and O–H groups in total. The van der Waals surface area contributed by atoms with Gasteiger partial charge in [0, 0.05) is 193 Å². The van der Waals surface area contributed by atoms with Crippen molar-refractivity contribution in [3.05, 3.63) is 223 Å². The van der Waals surface area contributed by atoms with Gasteiger partial charge in [-0.15, -0.1) is 0 Å². The first-order chi connectivity index (χ1) is 70.6. The van der Waals surface area contributed by atoms with Crippen LogP contribution in [0.2, 0.25) is 0 Å². The fourth-order valence-electron chi connectivity index (χ4n) is 18.9. The molecule has 7 aromatic rings. The minimum Gasteiger partial charge on any atom is -0.465 e. The Morgan fingerprint density at radius 3 is 1.18 bits per heavy atom. The van der Waals surface area contributed by atoms with Crippen LogP contribution in [0, 0.1) is 0 Å². The van der Waals surface area contributed by atoms with Crippen molar-refractivity contribution in [2.24, 2.45) is 0 Å². The largest absolute Gasteiger partial charge is 0.465 e.